The third kappa shape index (κ3) is 1.43. The van der Waals surface area contributed by atoms with Crippen LogP contribution in [0.2, 0.25) is 0 Å². The number of piperidine rings is 1. The largest absolute Gasteiger partial charge is 0.481 e. The van der Waals surface area contributed by atoms with Gasteiger partial charge in [0.15, 0.2) is 0 Å². The predicted molar refractivity (Wildman–Crippen MR) is 47.5 cm³/mol. The summed E-state index contributed by atoms with van der Waals surface area (Å²) in [4.78, 5) is 10.6. The van der Waals surface area contributed by atoms with E-state index >= 15 is 0 Å². The Morgan fingerprint density at radius 2 is 2.25 bits per heavy atom. The van der Waals surface area contributed by atoms with Crippen LogP contribution in [0.4, 0.5) is 0 Å². The van der Waals surface area contributed by atoms with E-state index in [2.05, 4.69) is 5.32 Å². The van der Waals surface area contributed by atoms with Crippen LogP contribution in [0.15, 0.2) is 0 Å². The van der Waals surface area contributed by atoms with Crippen LogP contribution >= 0.6 is 12.4 Å². The maximum absolute atomic E-state index is 10.6. The molecule has 1 aliphatic carbocycles. The van der Waals surface area contributed by atoms with E-state index < -0.39 is 5.97 Å². The first kappa shape index (κ1) is 9.81. The van der Waals surface area contributed by atoms with Gasteiger partial charge in [0.25, 0.3) is 0 Å². The summed E-state index contributed by atoms with van der Waals surface area (Å²) in [6.45, 7) is 2.00. The Morgan fingerprint density at radius 1 is 1.50 bits per heavy atom. The van der Waals surface area contributed by atoms with Gasteiger partial charge in [-0.3, -0.25) is 4.79 Å². The zero-order valence-corrected chi connectivity index (χ0v) is 7.64. The van der Waals surface area contributed by atoms with Crippen LogP contribution in [0.25, 0.3) is 0 Å². The van der Waals surface area contributed by atoms with Crippen molar-refractivity contribution in [2.75, 3.05) is 13.1 Å². The molecule has 70 valence electrons. The Bertz CT molecular complexity index is 186. The number of carboxylic acids is 1. The van der Waals surface area contributed by atoms with E-state index in [9.17, 15) is 4.79 Å². The van der Waals surface area contributed by atoms with Gasteiger partial charge in [-0.05, 0) is 37.8 Å². The summed E-state index contributed by atoms with van der Waals surface area (Å²) >= 11 is 0. The number of hydrogen-bond donors (Lipinski definition) is 2. The van der Waals surface area contributed by atoms with E-state index in [-0.39, 0.29) is 18.3 Å². The van der Waals surface area contributed by atoms with Crippen LogP contribution < -0.4 is 5.32 Å². The average molecular weight is 192 g/mol. The lowest BCUT2D eigenvalue weighted by Gasteiger charge is -2.45. The molecule has 0 radical (unpaired) electrons. The fourth-order valence-electron chi connectivity index (χ4n) is 2.29. The van der Waals surface area contributed by atoms with Crippen molar-refractivity contribution in [3.05, 3.63) is 0 Å². The van der Waals surface area contributed by atoms with E-state index in [0.29, 0.717) is 11.8 Å². The molecule has 2 aliphatic rings. The van der Waals surface area contributed by atoms with Crippen molar-refractivity contribution in [2.24, 2.45) is 17.8 Å². The third-order valence-electron chi connectivity index (χ3n) is 3.07. The highest BCUT2D eigenvalue weighted by Crippen LogP contribution is 2.43. The average Bonchev–Trinajstić information content (AvgIpc) is 1.90. The first-order valence-corrected chi connectivity index (χ1v) is 4.22. The molecule has 0 spiro atoms. The minimum absolute atomic E-state index is 0. The highest BCUT2D eigenvalue weighted by molar-refractivity contribution is 5.85. The van der Waals surface area contributed by atoms with Crippen LogP contribution in [0.1, 0.15) is 12.8 Å². The molecule has 1 heterocycles. The SMILES string of the molecule is Cl.O=C(O)[C@@H]1C[C@H]2CCNC[C@H]21. The molecule has 0 aromatic heterocycles. The molecule has 1 aliphatic heterocycles. The lowest BCUT2D eigenvalue weighted by molar-refractivity contribution is -0.152. The number of halogens is 1. The smallest absolute Gasteiger partial charge is 0.306 e. The van der Waals surface area contributed by atoms with Gasteiger partial charge < -0.3 is 10.4 Å². The number of nitrogens with one attached hydrogen (secondary N) is 1. The normalized spacial score (nSPS) is 38.8. The molecule has 0 bridgehead atoms. The molecular weight excluding hydrogens is 178 g/mol. The summed E-state index contributed by atoms with van der Waals surface area (Å²) in [6, 6.07) is 0. The molecule has 1 saturated heterocycles. The van der Waals surface area contributed by atoms with Crippen LogP contribution in [0.5, 0.6) is 0 Å². The van der Waals surface area contributed by atoms with Crippen molar-refractivity contribution < 1.29 is 9.90 Å². The summed E-state index contributed by atoms with van der Waals surface area (Å²) in [7, 11) is 0. The molecule has 2 N–H and O–H groups in total. The van der Waals surface area contributed by atoms with E-state index in [4.69, 9.17) is 5.11 Å². The Labute approximate surface area is 77.9 Å². The van der Waals surface area contributed by atoms with E-state index in [0.717, 1.165) is 19.5 Å². The summed E-state index contributed by atoms with van der Waals surface area (Å²) in [5.74, 6) is 0.487. The molecular formula is C8H14ClNO2. The number of fused-ring (bicyclic) bond motifs is 1. The molecule has 0 aromatic carbocycles. The molecule has 3 atom stereocenters. The molecule has 0 amide bonds. The second kappa shape index (κ2) is 3.62. The number of carbonyl (C=O) groups is 1. The zero-order valence-electron chi connectivity index (χ0n) is 6.82. The van der Waals surface area contributed by atoms with Gasteiger partial charge in [-0.25, -0.2) is 0 Å². The Kier molecular flexibility index (Phi) is 2.96. The molecule has 3 nitrogen and oxygen atoms in total. The molecule has 1 saturated carbocycles. The topological polar surface area (TPSA) is 49.3 Å². The monoisotopic (exact) mass is 191 g/mol. The fraction of sp³-hybridized carbons (Fsp3) is 0.875. The van der Waals surface area contributed by atoms with Crippen molar-refractivity contribution in [3.63, 3.8) is 0 Å². The number of hydrogen-bond acceptors (Lipinski definition) is 2. The van der Waals surface area contributed by atoms with Crippen LogP contribution in [-0.4, -0.2) is 24.2 Å². The van der Waals surface area contributed by atoms with Crippen molar-refractivity contribution in [3.8, 4) is 0 Å². The summed E-state index contributed by atoms with van der Waals surface area (Å²) in [6.07, 6.45) is 2.09. The van der Waals surface area contributed by atoms with Crippen molar-refractivity contribution in [2.45, 2.75) is 12.8 Å². The van der Waals surface area contributed by atoms with Crippen LogP contribution in [-0.2, 0) is 4.79 Å². The van der Waals surface area contributed by atoms with Gasteiger partial charge in [-0.15, -0.1) is 12.4 Å². The van der Waals surface area contributed by atoms with Gasteiger partial charge in [0, 0.05) is 0 Å². The second-order valence-electron chi connectivity index (χ2n) is 3.60. The Balaban J connectivity index is 0.000000720. The van der Waals surface area contributed by atoms with E-state index in [1.54, 1.807) is 0 Å². The number of carboxylic acid groups (broad SMARTS) is 1. The first-order chi connectivity index (χ1) is 5.29. The minimum Gasteiger partial charge on any atom is -0.481 e. The number of aliphatic carboxylic acids is 1. The van der Waals surface area contributed by atoms with Gasteiger partial charge in [-0.1, -0.05) is 0 Å². The van der Waals surface area contributed by atoms with Crippen molar-refractivity contribution >= 4 is 18.4 Å². The van der Waals surface area contributed by atoms with Gasteiger partial charge in [-0.2, -0.15) is 0 Å². The summed E-state index contributed by atoms with van der Waals surface area (Å²) < 4.78 is 0. The minimum atomic E-state index is -0.602. The number of rotatable bonds is 1. The van der Waals surface area contributed by atoms with Gasteiger partial charge in [0.2, 0.25) is 0 Å². The van der Waals surface area contributed by atoms with Crippen molar-refractivity contribution in [1.82, 2.24) is 5.32 Å². The highest BCUT2D eigenvalue weighted by atomic mass is 35.5. The Hall–Kier alpha value is -0.280. The lowest BCUT2D eigenvalue weighted by Crippen LogP contribution is -2.51. The second-order valence-corrected chi connectivity index (χ2v) is 3.60. The van der Waals surface area contributed by atoms with Gasteiger partial charge in [0.05, 0.1) is 5.92 Å². The molecule has 0 unspecified atom stereocenters. The molecule has 2 rings (SSSR count). The zero-order chi connectivity index (χ0) is 7.84. The van der Waals surface area contributed by atoms with Gasteiger partial charge in [0.1, 0.15) is 0 Å². The van der Waals surface area contributed by atoms with Gasteiger partial charge >= 0.3 is 5.97 Å². The molecule has 2 fully saturated rings. The molecule has 0 aromatic rings. The maximum Gasteiger partial charge on any atom is 0.306 e. The predicted octanol–water partition coefficient (Wildman–Crippen LogP) is 0.738. The summed E-state index contributed by atoms with van der Waals surface area (Å²) in [5, 5.41) is 12.0. The highest BCUT2D eigenvalue weighted by Gasteiger charge is 2.45. The molecule has 12 heavy (non-hydrogen) atoms. The first-order valence-electron chi connectivity index (χ1n) is 4.22. The van der Waals surface area contributed by atoms with Crippen molar-refractivity contribution in [1.29, 1.82) is 0 Å². The Morgan fingerprint density at radius 3 is 2.83 bits per heavy atom. The quantitative estimate of drug-likeness (QED) is 0.643. The van der Waals surface area contributed by atoms with Crippen LogP contribution in [0.3, 0.4) is 0 Å². The van der Waals surface area contributed by atoms with E-state index in [1.165, 1.54) is 6.42 Å². The standard InChI is InChI=1S/C8H13NO2.ClH/c10-8(11)6-3-5-1-2-9-4-7(5)6;/h5-7,9H,1-4H2,(H,10,11);1H/t5-,6-,7-;/m1./s1. The van der Waals surface area contributed by atoms with E-state index in [1.807, 2.05) is 0 Å². The van der Waals surface area contributed by atoms with Crippen LogP contribution in [0, 0.1) is 17.8 Å². The maximum atomic E-state index is 10.6. The lowest BCUT2D eigenvalue weighted by atomic mass is 9.62. The summed E-state index contributed by atoms with van der Waals surface area (Å²) in [5.41, 5.74) is 0. The fourth-order valence-corrected chi connectivity index (χ4v) is 2.29. The third-order valence-corrected chi connectivity index (χ3v) is 3.07. The molecule has 4 heteroatoms.